The van der Waals surface area contributed by atoms with Crippen molar-refractivity contribution in [2.24, 2.45) is 28.6 Å². The van der Waals surface area contributed by atoms with Gasteiger partial charge < -0.3 is 10.2 Å². The number of thiazole rings is 1. The van der Waals surface area contributed by atoms with Crippen molar-refractivity contribution >= 4 is 22.4 Å². The van der Waals surface area contributed by atoms with Crippen LogP contribution in [0.1, 0.15) is 83.7 Å². The van der Waals surface area contributed by atoms with Crippen LogP contribution in [0, 0.1) is 28.6 Å². The number of hydrogen-bond donors (Lipinski definition) is 1. The summed E-state index contributed by atoms with van der Waals surface area (Å²) in [6, 6.07) is 0.378. The van der Waals surface area contributed by atoms with Crippen LogP contribution in [0.5, 0.6) is 0 Å². The first-order chi connectivity index (χ1) is 14.9. The van der Waals surface area contributed by atoms with Gasteiger partial charge in [0.2, 0.25) is 5.91 Å². The standard InChI is InChI=1S/C26H39N3OS/c1-5-6-15-27-24-28-21(16-31-24)20-9-8-18-17-7-10-22-26(3,14-12-23(30)29(22)4)19(17)11-13-25(18,20)2/h12,14,16-20,22H,5-11,13,15H2,1-4H3,(H,27,28)/t17-,18-,19+,20?,22?,25-,26+/m0/s1. The molecule has 0 aromatic carbocycles. The first kappa shape index (κ1) is 21.5. The Bertz CT molecular complexity index is 865. The second-order valence-electron chi connectivity index (χ2n) is 11.2. The van der Waals surface area contributed by atoms with E-state index < -0.39 is 0 Å². The fraction of sp³-hybridized carbons (Fsp3) is 0.769. The molecule has 1 amide bonds. The van der Waals surface area contributed by atoms with E-state index in [-0.39, 0.29) is 11.3 Å². The SMILES string of the molecule is CCCCNc1nc(C2CC[C@H]3[C@@H]4CCC5N(C)C(=O)C=C[C@]5(C)[C@@H]4CC[C@]23C)cs1. The van der Waals surface area contributed by atoms with E-state index in [1.165, 1.54) is 50.6 Å². The quantitative estimate of drug-likeness (QED) is 0.563. The van der Waals surface area contributed by atoms with Crippen LogP contribution < -0.4 is 5.32 Å². The van der Waals surface area contributed by atoms with Crippen molar-refractivity contribution in [3.05, 3.63) is 23.2 Å². The van der Waals surface area contributed by atoms with Gasteiger partial charge in [0, 0.05) is 36.3 Å². The lowest BCUT2D eigenvalue weighted by atomic mass is 9.47. The molecule has 1 aromatic rings. The fourth-order valence-electron chi connectivity index (χ4n) is 8.12. The summed E-state index contributed by atoms with van der Waals surface area (Å²) in [5, 5.41) is 6.97. The predicted octanol–water partition coefficient (Wildman–Crippen LogP) is 6.08. The molecule has 1 N–H and O–H groups in total. The molecule has 1 aliphatic heterocycles. The van der Waals surface area contributed by atoms with Crippen LogP contribution in [-0.2, 0) is 4.79 Å². The van der Waals surface area contributed by atoms with Crippen molar-refractivity contribution in [3.8, 4) is 0 Å². The molecule has 3 saturated carbocycles. The third-order valence-electron chi connectivity index (χ3n) is 9.81. The third kappa shape index (κ3) is 3.29. The summed E-state index contributed by atoms with van der Waals surface area (Å²) < 4.78 is 0. The molecule has 4 aliphatic rings. The van der Waals surface area contributed by atoms with Gasteiger partial charge in [-0.2, -0.15) is 0 Å². The van der Waals surface area contributed by atoms with E-state index in [0.29, 0.717) is 23.3 Å². The molecule has 0 spiro atoms. The van der Waals surface area contributed by atoms with Crippen molar-refractivity contribution < 1.29 is 4.79 Å². The van der Waals surface area contributed by atoms with E-state index in [1.807, 2.05) is 18.0 Å². The number of anilines is 1. The maximum atomic E-state index is 12.3. The summed E-state index contributed by atoms with van der Waals surface area (Å²) >= 11 is 1.79. The smallest absolute Gasteiger partial charge is 0.246 e. The zero-order valence-electron chi connectivity index (χ0n) is 19.7. The van der Waals surface area contributed by atoms with Crippen molar-refractivity contribution in [3.63, 3.8) is 0 Å². The molecule has 1 aromatic heterocycles. The highest BCUT2D eigenvalue weighted by atomic mass is 32.1. The van der Waals surface area contributed by atoms with Gasteiger partial charge in [0.05, 0.1) is 5.69 Å². The number of aromatic nitrogens is 1. The number of rotatable bonds is 5. The molecule has 0 saturated heterocycles. The molecule has 170 valence electrons. The second kappa shape index (κ2) is 7.90. The molecule has 3 aliphatic carbocycles. The van der Waals surface area contributed by atoms with Gasteiger partial charge in [-0.25, -0.2) is 4.98 Å². The first-order valence-electron chi connectivity index (χ1n) is 12.5. The molecule has 31 heavy (non-hydrogen) atoms. The highest BCUT2D eigenvalue weighted by molar-refractivity contribution is 7.13. The Morgan fingerprint density at radius 2 is 2.03 bits per heavy atom. The number of fused-ring (bicyclic) bond motifs is 5. The monoisotopic (exact) mass is 441 g/mol. The van der Waals surface area contributed by atoms with Crippen molar-refractivity contribution in [2.45, 2.75) is 84.1 Å². The van der Waals surface area contributed by atoms with Gasteiger partial charge >= 0.3 is 0 Å². The molecule has 0 bridgehead atoms. The minimum Gasteiger partial charge on any atom is -0.362 e. The maximum absolute atomic E-state index is 12.3. The van der Waals surface area contributed by atoms with Gasteiger partial charge in [-0.05, 0) is 74.2 Å². The van der Waals surface area contributed by atoms with Crippen molar-refractivity contribution in [1.82, 2.24) is 9.88 Å². The van der Waals surface area contributed by atoms with E-state index in [4.69, 9.17) is 4.98 Å². The lowest BCUT2D eigenvalue weighted by Gasteiger charge is -2.60. The Kier molecular flexibility index (Phi) is 5.47. The van der Waals surface area contributed by atoms with Gasteiger partial charge in [-0.15, -0.1) is 11.3 Å². The van der Waals surface area contributed by atoms with Gasteiger partial charge in [0.1, 0.15) is 0 Å². The van der Waals surface area contributed by atoms with Crippen LogP contribution in [0.3, 0.4) is 0 Å². The number of unbranched alkanes of at least 4 members (excludes halogenated alkanes) is 1. The van der Waals surface area contributed by atoms with Gasteiger partial charge in [-0.1, -0.05) is 33.3 Å². The number of amides is 1. The summed E-state index contributed by atoms with van der Waals surface area (Å²) in [4.78, 5) is 19.4. The Hall–Kier alpha value is -1.36. The molecule has 5 rings (SSSR count). The van der Waals surface area contributed by atoms with Crippen LogP contribution in [0.25, 0.3) is 0 Å². The summed E-state index contributed by atoms with van der Waals surface area (Å²) in [7, 11) is 2.02. The van der Waals surface area contributed by atoms with Gasteiger partial charge in [-0.3, -0.25) is 4.79 Å². The highest BCUT2D eigenvalue weighted by Gasteiger charge is 2.60. The number of nitrogens with one attached hydrogen (secondary N) is 1. The average molecular weight is 442 g/mol. The molecular formula is C26H39N3OS. The Morgan fingerprint density at radius 1 is 1.19 bits per heavy atom. The summed E-state index contributed by atoms with van der Waals surface area (Å²) in [6.45, 7) is 8.28. The second-order valence-corrected chi connectivity index (χ2v) is 12.0. The molecule has 7 atom stereocenters. The van der Waals surface area contributed by atoms with E-state index in [1.54, 1.807) is 11.3 Å². The predicted molar refractivity (Wildman–Crippen MR) is 128 cm³/mol. The number of likely N-dealkylation sites (N-methyl/N-ethyl adjacent to an activating group) is 1. The largest absolute Gasteiger partial charge is 0.362 e. The Balaban J connectivity index is 1.36. The van der Waals surface area contributed by atoms with E-state index in [2.05, 4.69) is 37.5 Å². The molecule has 3 fully saturated rings. The number of carbonyl (C=O) groups excluding carboxylic acids is 1. The summed E-state index contributed by atoms with van der Waals surface area (Å²) in [5.41, 5.74) is 1.86. The number of nitrogens with zero attached hydrogens (tertiary/aromatic N) is 2. The Labute approximate surface area is 191 Å². The average Bonchev–Trinajstić information content (AvgIpc) is 3.35. The molecule has 0 radical (unpaired) electrons. The zero-order valence-corrected chi connectivity index (χ0v) is 20.5. The summed E-state index contributed by atoms with van der Waals surface area (Å²) in [5.74, 6) is 3.08. The third-order valence-corrected chi connectivity index (χ3v) is 10.6. The lowest BCUT2D eigenvalue weighted by Crippen LogP contribution is -2.59. The van der Waals surface area contributed by atoms with Crippen LogP contribution in [0.15, 0.2) is 17.5 Å². The number of hydrogen-bond acceptors (Lipinski definition) is 4. The topological polar surface area (TPSA) is 45.2 Å². The molecule has 5 heteroatoms. The molecule has 2 heterocycles. The normalized spacial score (nSPS) is 41.6. The Morgan fingerprint density at radius 3 is 2.84 bits per heavy atom. The van der Waals surface area contributed by atoms with Crippen LogP contribution in [0.4, 0.5) is 5.13 Å². The lowest BCUT2D eigenvalue weighted by molar-refractivity contribution is -0.138. The van der Waals surface area contributed by atoms with E-state index >= 15 is 0 Å². The van der Waals surface area contributed by atoms with Gasteiger partial charge in [0.25, 0.3) is 0 Å². The molecule has 4 nitrogen and oxygen atoms in total. The maximum Gasteiger partial charge on any atom is 0.246 e. The van der Waals surface area contributed by atoms with Crippen molar-refractivity contribution in [2.75, 3.05) is 18.9 Å². The van der Waals surface area contributed by atoms with Crippen LogP contribution in [-0.4, -0.2) is 35.4 Å². The highest BCUT2D eigenvalue weighted by Crippen LogP contribution is 2.67. The molecular weight excluding hydrogens is 402 g/mol. The zero-order chi connectivity index (χ0) is 21.8. The summed E-state index contributed by atoms with van der Waals surface area (Å²) in [6.07, 6.45) is 14.2. The fourth-order valence-corrected chi connectivity index (χ4v) is 8.92. The minimum atomic E-state index is 0.141. The van der Waals surface area contributed by atoms with E-state index in [0.717, 1.165) is 29.9 Å². The first-order valence-corrected chi connectivity index (χ1v) is 13.4. The van der Waals surface area contributed by atoms with Gasteiger partial charge in [0.15, 0.2) is 5.13 Å². The van der Waals surface area contributed by atoms with Crippen LogP contribution >= 0.6 is 11.3 Å². The van der Waals surface area contributed by atoms with Crippen molar-refractivity contribution in [1.29, 1.82) is 0 Å². The van der Waals surface area contributed by atoms with E-state index in [9.17, 15) is 4.79 Å². The number of carbonyl (C=O) groups is 1. The van der Waals surface area contributed by atoms with Crippen LogP contribution in [0.2, 0.25) is 0 Å². The molecule has 2 unspecified atom stereocenters. The minimum absolute atomic E-state index is 0.141.